The van der Waals surface area contributed by atoms with Crippen LogP contribution in [0.25, 0.3) is 6.08 Å². The quantitative estimate of drug-likeness (QED) is 0.573. The van der Waals surface area contributed by atoms with E-state index in [0.717, 1.165) is 5.56 Å². The van der Waals surface area contributed by atoms with E-state index in [2.05, 4.69) is 9.72 Å². The van der Waals surface area contributed by atoms with Crippen molar-refractivity contribution >= 4 is 18.0 Å². The van der Waals surface area contributed by atoms with Crippen LogP contribution in [-0.4, -0.2) is 35.4 Å². The van der Waals surface area contributed by atoms with E-state index in [4.69, 9.17) is 0 Å². The maximum Gasteiger partial charge on any atom is 0.307 e. The van der Waals surface area contributed by atoms with Crippen LogP contribution >= 0.6 is 0 Å². The van der Waals surface area contributed by atoms with Crippen LogP contribution in [0.5, 0.6) is 0 Å². The summed E-state index contributed by atoms with van der Waals surface area (Å²) < 4.78 is 17.5. The average Bonchev–Trinajstić information content (AvgIpc) is 2.64. The van der Waals surface area contributed by atoms with Gasteiger partial charge in [0.2, 0.25) is 5.91 Å². The fourth-order valence-electron chi connectivity index (χ4n) is 2.15. The van der Waals surface area contributed by atoms with Crippen molar-refractivity contribution in [2.75, 3.05) is 13.7 Å². The van der Waals surface area contributed by atoms with E-state index in [-0.39, 0.29) is 30.7 Å². The number of methoxy groups -OCH3 is 1. The van der Waals surface area contributed by atoms with Gasteiger partial charge in [0.05, 0.1) is 13.5 Å². The molecule has 1 aromatic heterocycles. The van der Waals surface area contributed by atoms with Crippen LogP contribution in [0.4, 0.5) is 4.39 Å². The molecule has 0 atom stereocenters. The number of hydrogen-bond acceptors (Lipinski definition) is 4. The molecule has 1 aromatic carbocycles. The molecule has 0 aliphatic rings. The third-order valence-corrected chi connectivity index (χ3v) is 3.51. The molecule has 6 heteroatoms. The largest absolute Gasteiger partial charge is 0.469 e. The second-order valence-corrected chi connectivity index (χ2v) is 5.33. The number of carbonyl (C=O) groups excluding carboxylic acids is 2. The molecule has 130 valence electrons. The standard InChI is InChI=1S/C19H19FN2O3/c1-25-19(24)10-12-22(14-16-3-2-11-21-13-16)18(23)9-6-15-4-7-17(20)8-5-15/h2-9,11,13H,10,12,14H2,1H3/b9-6+. The van der Waals surface area contributed by atoms with Gasteiger partial charge in [-0.25, -0.2) is 4.39 Å². The summed E-state index contributed by atoms with van der Waals surface area (Å²) in [7, 11) is 1.31. The highest BCUT2D eigenvalue weighted by Crippen LogP contribution is 2.08. The Morgan fingerprint density at radius 3 is 2.64 bits per heavy atom. The number of nitrogens with zero attached hydrogens (tertiary/aromatic N) is 2. The third kappa shape index (κ3) is 6.18. The highest BCUT2D eigenvalue weighted by molar-refractivity contribution is 5.92. The third-order valence-electron chi connectivity index (χ3n) is 3.51. The topological polar surface area (TPSA) is 59.5 Å². The number of pyridine rings is 1. The second-order valence-electron chi connectivity index (χ2n) is 5.33. The number of rotatable bonds is 7. The summed E-state index contributed by atoms with van der Waals surface area (Å²) >= 11 is 0. The zero-order valence-electron chi connectivity index (χ0n) is 13.9. The molecule has 0 saturated heterocycles. The SMILES string of the molecule is COC(=O)CCN(Cc1cccnc1)C(=O)/C=C/c1ccc(F)cc1. The Hall–Kier alpha value is -3.02. The van der Waals surface area contributed by atoms with Gasteiger partial charge in [-0.1, -0.05) is 18.2 Å². The predicted molar refractivity (Wildman–Crippen MR) is 91.7 cm³/mol. The molecule has 2 rings (SSSR count). The molecule has 0 aliphatic heterocycles. The summed E-state index contributed by atoms with van der Waals surface area (Å²) in [5.41, 5.74) is 1.57. The van der Waals surface area contributed by atoms with Crippen LogP contribution < -0.4 is 0 Å². The first kappa shape index (κ1) is 18.3. The van der Waals surface area contributed by atoms with Crippen molar-refractivity contribution in [3.05, 3.63) is 71.8 Å². The zero-order valence-corrected chi connectivity index (χ0v) is 13.9. The molecule has 0 N–H and O–H groups in total. The lowest BCUT2D eigenvalue weighted by molar-refractivity contribution is -0.141. The fourth-order valence-corrected chi connectivity index (χ4v) is 2.15. The van der Waals surface area contributed by atoms with Gasteiger partial charge in [-0.05, 0) is 35.4 Å². The van der Waals surface area contributed by atoms with E-state index in [1.807, 2.05) is 6.07 Å². The lowest BCUT2D eigenvalue weighted by atomic mass is 10.2. The van der Waals surface area contributed by atoms with E-state index < -0.39 is 0 Å². The molecule has 1 amide bonds. The highest BCUT2D eigenvalue weighted by atomic mass is 19.1. The number of carbonyl (C=O) groups is 2. The first-order chi connectivity index (χ1) is 12.1. The van der Waals surface area contributed by atoms with E-state index >= 15 is 0 Å². The van der Waals surface area contributed by atoms with E-state index in [1.54, 1.807) is 36.7 Å². The van der Waals surface area contributed by atoms with Crippen molar-refractivity contribution in [1.29, 1.82) is 0 Å². The minimum atomic E-state index is -0.383. The molecule has 0 fully saturated rings. The van der Waals surface area contributed by atoms with Crippen LogP contribution in [0.3, 0.4) is 0 Å². The summed E-state index contributed by atoms with van der Waals surface area (Å²) in [4.78, 5) is 29.4. The average molecular weight is 342 g/mol. The molecule has 0 spiro atoms. The molecule has 25 heavy (non-hydrogen) atoms. The predicted octanol–water partition coefficient (Wildman–Crippen LogP) is 2.83. The maximum atomic E-state index is 12.9. The number of hydrogen-bond donors (Lipinski definition) is 0. The number of ether oxygens (including phenoxy) is 1. The molecule has 0 aliphatic carbocycles. The Labute approximate surface area is 145 Å². The molecular weight excluding hydrogens is 323 g/mol. The fraction of sp³-hybridized carbons (Fsp3) is 0.211. The van der Waals surface area contributed by atoms with Crippen LogP contribution in [0, 0.1) is 5.82 Å². The number of benzene rings is 1. The van der Waals surface area contributed by atoms with E-state index in [1.165, 1.54) is 30.2 Å². The summed E-state index contributed by atoms with van der Waals surface area (Å²) in [6, 6.07) is 9.46. The minimum absolute atomic E-state index is 0.104. The Balaban J connectivity index is 2.07. The smallest absolute Gasteiger partial charge is 0.307 e. The van der Waals surface area contributed by atoms with Gasteiger partial charge in [0.15, 0.2) is 0 Å². The summed E-state index contributed by atoms with van der Waals surface area (Å²) in [6.45, 7) is 0.561. The van der Waals surface area contributed by atoms with Gasteiger partial charge in [-0.15, -0.1) is 0 Å². The first-order valence-electron chi connectivity index (χ1n) is 7.77. The van der Waals surface area contributed by atoms with Crippen LogP contribution in [0.15, 0.2) is 54.9 Å². The first-order valence-corrected chi connectivity index (χ1v) is 7.77. The molecule has 1 heterocycles. The van der Waals surface area contributed by atoms with Crippen molar-refractivity contribution in [2.45, 2.75) is 13.0 Å². The normalized spacial score (nSPS) is 10.6. The van der Waals surface area contributed by atoms with Crippen molar-refractivity contribution in [2.24, 2.45) is 0 Å². The van der Waals surface area contributed by atoms with E-state index in [0.29, 0.717) is 12.1 Å². The zero-order chi connectivity index (χ0) is 18.1. The Morgan fingerprint density at radius 1 is 1.24 bits per heavy atom. The molecular formula is C19H19FN2O3. The van der Waals surface area contributed by atoms with Gasteiger partial charge >= 0.3 is 5.97 Å². The summed E-state index contributed by atoms with van der Waals surface area (Å²) in [5, 5.41) is 0. The van der Waals surface area contributed by atoms with Gasteiger partial charge in [-0.3, -0.25) is 14.6 Å². The summed E-state index contributed by atoms with van der Waals surface area (Å²) in [6.07, 6.45) is 6.44. The van der Waals surface area contributed by atoms with Crippen molar-refractivity contribution in [3.8, 4) is 0 Å². The maximum absolute atomic E-state index is 12.9. The molecule has 5 nitrogen and oxygen atoms in total. The Kier molecular flexibility index (Phi) is 6.83. The van der Waals surface area contributed by atoms with Crippen LogP contribution in [0.1, 0.15) is 17.5 Å². The van der Waals surface area contributed by atoms with Gasteiger partial charge in [0.25, 0.3) is 0 Å². The Morgan fingerprint density at radius 2 is 2.00 bits per heavy atom. The molecule has 0 saturated carbocycles. The number of amides is 1. The Bertz CT molecular complexity index is 730. The second kappa shape index (κ2) is 9.32. The van der Waals surface area contributed by atoms with Crippen molar-refractivity contribution in [1.82, 2.24) is 9.88 Å². The summed E-state index contributed by atoms with van der Waals surface area (Å²) in [5.74, 6) is -0.969. The van der Waals surface area contributed by atoms with E-state index in [9.17, 15) is 14.0 Å². The van der Waals surface area contributed by atoms with Gasteiger partial charge < -0.3 is 9.64 Å². The molecule has 0 radical (unpaired) electrons. The van der Waals surface area contributed by atoms with Crippen LogP contribution in [-0.2, 0) is 20.9 Å². The molecule has 2 aromatic rings. The lowest BCUT2D eigenvalue weighted by Gasteiger charge is -2.20. The molecule has 0 bridgehead atoms. The number of halogens is 1. The minimum Gasteiger partial charge on any atom is -0.469 e. The number of esters is 1. The highest BCUT2D eigenvalue weighted by Gasteiger charge is 2.13. The molecule has 0 unspecified atom stereocenters. The van der Waals surface area contributed by atoms with Crippen molar-refractivity contribution in [3.63, 3.8) is 0 Å². The van der Waals surface area contributed by atoms with Crippen molar-refractivity contribution < 1.29 is 18.7 Å². The monoisotopic (exact) mass is 342 g/mol. The van der Waals surface area contributed by atoms with Gasteiger partial charge in [-0.2, -0.15) is 0 Å². The lowest BCUT2D eigenvalue weighted by Crippen LogP contribution is -2.31. The van der Waals surface area contributed by atoms with Crippen LogP contribution in [0.2, 0.25) is 0 Å². The van der Waals surface area contributed by atoms with Gasteiger partial charge in [0, 0.05) is 31.6 Å². The van der Waals surface area contributed by atoms with Gasteiger partial charge in [0.1, 0.15) is 5.82 Å². The number of aromatic nitrogens is 1.